The molecule has 1 amide bonds. The van der Waals surface area contributed by atoms with Gasteiger partial charge in [0, 0.05) is 51.9 Å². The second-order valence-corrected chi connectivity index (χ2v) is 9.99. The van der Waals surface area contributed by atoms with Gasteiger partial charge in [0.15, 0.2) is 5.96 Å². The van der Waals surface area contributed by atoms with Gasteiger partial charge in [0.1, 0.15) is 5.60 Å². The van der Waals surface area contributed by atoms with E-state index in [1.54, 1.807) is 0 Å². The van der Waals surface area contributed by atoms with Crippen molar-refractivity contribution >= 4 is 12.1 Å². The first-order valence-electron chi connectivity index (χ1n) is 11.4. The molecule has 2 heterocycles. The lowest BCUT2D eigenvalue weighted by molar-refractivity contribution is -0.00834. The van der Waals surface area contributed by atoms with Crippen molar-refractivity contribution in [1.82, 2.24) is 20.4 Å². The Morgan fingerprint density at radius 3 is 2.47 bits per heavy atom. The maximum absolute atomic E-state index is 12.3. The van der Waals surface area contributed by atoms with E-state index >= 15 is 0 Å². The summed E-state index contributed by atoms with van der Waals surface area (Å²) in [4.78, 5) is 21.0. The van der Waals surface area contributed by atoms with Crippen LogP contribution in [0.5, 0.6) is 0 Å². The number of hydrogen-bond acceptors (Lipinski definition) is 5. The van der Waals surface area contributed by atoms with Crippen molar-refractivity contribution in [3.8, 4) is 0 Å². The Hall–Kier alpha value is -1.54. The molecule has 0 spiro atoms. The van der Waals surface area contributed by atoms with E-state index in [1.807, 2.05) is 32.7 Å². The Kier molecular flexibility index (Phi) is 9.22. The van der Waals surface area contributed by atoms with E-state index in [0.717, 1.165) is 77.7 Å². The van der Waals surface area contributed by atoms with E-state index in [4.69, 9.17) is 9.47 Å². The molecular formula is C22H43N5O3. The van der Waals surface area contributed by atoms with Gasteiger partial charge in [0.2, 0.25) is 0 Å². The summed E-state index contributed by atoms with van der Waals surface area (Å²) in [5.41, 5.74) is -0.405. The first-order valence-corrected chi connectivity index (χ1v) is 11.4. The maximum atomic E-state index is 12.3. The van der Waals surface area contributed by atoms with Crippen LogP contribution in [0, 0.1) is 5.92 Å². The van der Waals surface area contributed by atoms with Crippen molar-refractivity contribution in [2.75, 3.05) is 59.5 Å². The van der Waals surface area contributed by atoms with Gasteiger partial charge >= 0.3 is 6.09 Å². The topological polar surface area (TPSA) is 78.4 Å². The van der Waals surface area contributed by atoms with Gasteiger partial charge in [-0.15, -0.1) is 0 Å². The van der Waals surface area contributed by atoms with Gasteiger partial charge in [0.05, 0.1) is 13.2 Å². The molecule has 8 nitrogen and oxygen atoms in total. The molecule has 8 heteroatoms. The van der Waals surface area contributed by atoms with E-state index in [0.29, 0.717) is 5.92 Å². The van der Waals surface area contributed by atoms with Crippen LogP contribution in [0.25, 0.3) is 0 Å². The number of piperidine rings is 1. The van der Waals surface area contributed by atoms with Gasteiger partial charge in [-0.3, -0.25) is 9.89 Å². The minimum absolute atomic E-state index is 0.0404. The van der Waals surface area contributed by atoms with Crippen LogP contribution in [0.1, 0.15) is 53.9 Å². The monoisotopic (exact) mass is 425 g/mol. The largest absolute Gasteiger partial charge is 0.444 e. The average Bonchev–Trinajstić information content (AvgIpc) is 2.70. The van der Waals surface area contributed by atoms with Crippen LogP contribution in [0.15, 0.2) is 4.99 Å². The van der Waals surface area contributed by atoms with Crippen LogP contribution in [0.2, 0.25) is 0 Å². The fourth-order valence-electron chi connectivity index (χ4n) is 3.99. The lowest BCUT2D eigenvalue weighted by Gasteiger charge is -2.41. The van der Waals surface area contributed by atoms with E-state index in [9.17, 15) is 4.79 Å². The summed E-state index contributed by atoms with van der Waals surface area (Å²) in [6.07, 6.45) is 3.00. The first-order chi connectivity index (χ1) is 14.1. The van der Waals surface area contributed by atoms with E-state index < -0.39 is 5.60 Å². The molecule has 2 fully saturated rings. The summed E-state index contributed by atoms with van der Waals surface area (Å²) in [5, 5.41) is 6.90. The molecule has 0 bridgehead atoms. The standard InChI is InChI=1S/C22H43N5O3/c1-21(2,3)30-20(28)26-11-7-8-18(16-26)9-10-24-19(23-6)25-17-22(4,5)27-12-14-29-15-13-27/h18H,7-17H2,1-6H3,(H2,23,24,25). The van der Waals surface area contributed by atoms with Gasteiger partial charge in [-0.25, -0.2) is 4.79 Å². The van der Waals surface area contributed by atoms with Crippen molar-refractivity contribution in [2.45, 2.75) is 65.0 Å². The molecule has 0 aliphatic carbocycles. The fraction of sp³-hybridized carbons (Fsp3) is 0.909. The molecule has 1 atom stereocenters. The highest BCUT2D eigenvalue weighted by Gasteiger charge is 2.29. The third-order valence-electron chi connectivity index (χ3n) is 5.79. The zero-order valence-corrected chi connectivity index (χ0v) is 19.9. The quantitative estimate of drug-likeness (QED) is 0.502. The SMILES string of the molecule is CN=C(NCCC1CCCN(C(=O)OC(C)(C)C)C1)NCC(C)(C)N1CCOCC1. The van der Waals surface area contributed by atoms with Gasteiger partial charge in [0.25, 0.3) is 0 Å². The van der Waals surface area contributed by atoms with Crippen LogP contribution in [-0.2, 0) is 9.47 Å². The summed E-state index contributed by atoms with van der Waals surface area (Å²) < 4.78 is 11.0. The molecule has 2 aliphatic rings. The molecule has 2 N–H and O–H groups in total. The van der Waals surface area contributed by atoms with Crippen molar-refractivity contribution in [2.24, 2.45) is 10.9 Å². The molecule has 2 aliphatic heterocycles. The number of nitrogens with one attached hydrogen (secondary N) is 2. The molecule has 2 saturated heterocycles. The number of ether oxygens (including phenoxy) is 2. The van der Waals surface area contributed by atoms with Crippen LogP contribution >= 0.6 is 0 Å². The second-order valence-electron chi connectivity index (χ2n) is 9.99. The number of hydrogen-bond donors (Lipinski definition) is 2. The predicted molar refractivity (Wildman–Crippen MR) is 121 cm³/mol. The summed E-state index contributed by atoms with van der Waals surface area (Å²) in [7, 11) is 1.81. The number of nitrogens with zero attached hydrogens (tertiary/aromatic N) is 3. The minimum atomic E-state index is -0.446. The predicted octanol–water partition coefficient (Wildman–Crippen LogP) is 2.30. The molecule has 0 radical (unpaired) electrons. The number of morpholine rings is 1. The van der Waals surface area contributed by atoms with Crippen LogP contribution < -0.4 is 10.6 Å². The Morgan fingerprint density at radius 2 is 1.83 bits per heavy atom. The van der Waals surface area contributed by atoms with Gasteiger partial charge in [-0.2, -0.15) is 0 Å². The normalized spacial score (nSPS) is 22.0. The van der Waals surface area contributed by atoms with Crippen molar-refractivity contribution < 1.29 is 14.3 Å². The Labute approximate surface area is 182 Å². The molecule has 174 valence electrons. The van der Waals surface area contributed by atoms with Gasteiger partial charge in [-0.1, -0.05) is 0 Å². The number of carbonyl (C=O) groups excluding carboxylic acids is 1. The van der Waals surface area contributed by atoms with Crippen molar-refractivity contribution in [1.29, 1.82) is 0 Å². The molecule has 1 unspecified atom stereocenters. The summed E-state index contributed by atoms with van der Waals surface area (Å²) in [6.45, 7) is 17.0. The highest BCUT2D eigenvalue weighted by Crippen LogP contribution is 2.21. The number of rotatable bonds is 6. The third-order valence-corrected chi connectivity index (χ3v) is 5.79. The number of aliphatic imine (C=N–C) groups is 1. The smallest absolute Gasteiger partial charge is 0.410 e. The number of amides is 1. The van der Waals surface area contributed by atoms with Crippen molar-refractivity contribution in [3.63, 3.8) is 0 Å². The van der Waals surface area contributed by atoms with E-state index in [1.165, 1.54) is 0 Å². The van der Waals surface area contributed by atoms with Crippen LogP contribution in [-0.4, -0.2) is 92.5 Å². The Morgan fingerprint density at radius 1 is 1.13 bits per heavy atom. The molecule has 0 aromatic rings. The second kappa shape index (κ2) is 11.2. The van der Waals surface area contributed by atoms with Crippen LogP contribution in [0.4, 0.5) is 4.79 Å². The molecule has 0 aromatic carbocycles. The molecule has 0 aromatic heterocycles. The molecule has 0 saturated carbocycles. The summed E-state index contributed by atoms with van der Waals surface area (Å²) in [6, 6.07) is 0. The summed E-state index contributed by atoms with van der Waals surface area (Å²) in [5.74, 6) is 1.32. The van der Waals surface area contributed by atoms with Crippen molar-refractivity contribution in [3.05, 3.63) is 0 Å². The van der Waals surface area contributed by atoms with E-state index in [-0.39, 0.29) is 11.6 Å². The lowest BCUT2D eigenvalue weighted by atomic mass is 9.95. The third kappa shape index (κ3) is 8.30. The molecular weight excluding hydrogens is 382 g/mol. The minimum Gasteiger partial charge on any atom is -0.444 e. The lowest BCUT2D eigenvalue weighted by Crippen LogP contribution is -2.56. The van der Waals surface area contributed by atoms with Gasteiger partial charge in [-0.05, 0) is 59.8 Å². The average molecular weight is 426 g/mol. The van der Waals surface area contributed by atoms with Gasteiger partial charge < -0.3 is 25.0 Å². The first kappa shape index (κ1) is 24.7. The van der Waals surface area contributed by atoms with E-state index in [2.05, 4.69) is 34.4 Å². The zero-order chi connectivity index (χ0) is 22.2. The molecule has 2 rings (SSSR count). The molecule has 30 heavy (non-hydrogen) atoms. The highest BCUT2D eigenvalue weighted by molar-refractivity contribution is 5.79. The highest BCUT2D eigenvalue weighted by atomic mass is 16.6. The number of guanidine groups is 1. The Bertz CT molecular complexity index is 568. The maximum Gasteiger partial charge on any atom is 0.410 e. The summed E-state index contributed by atoms with van der Waals surface area (Å²) >= 11 is 0. The number of likely N-dealkylation sites (tertiary alicyclic amines) is 1. The Balaban J connectivity index is 1.71. The number of carbonyl (C=O) groups is 1. The fourth-order valence-corrected chi connectivity index (χ4v) is 3.99. The zero-order valence-electron chi connectivity index (χ0n) is 19.9. The van der Waals surface area contributed by atoms with Crippen LogP contribution in [0.3, 0.4) is 0 Å².